The van der Waals surface area contributed by atoms with E-state index in [9.17, 15) is 8.42 Å². The molecule has 0 bridgehead atoms. The van der Waals surface area contributed by atoms with Crippen molar-refractivity contribution >= 4 is 16.0 Å². The van der Waals surface area contributed by atoms with Gasteiger partial charge in [0.15, 0.2) is 5.96 Å². The summed E-state index contributed by atoms with van der Waals surface area (Å²) >= 11 is 0. The van der Waals surface area contributed by atoms with Crippen LogP contribution < -0.4 is 15.8 Å². The summed E-state index contributed by atoms with van der Waals surface area (Å²) in [5, 5.41) is 3.29. The zero-order valence-corrected chi connectivity index (χ0v) is 16.0. The van der Waals surface area contributed by atoms with Crippen molar-refractivity contribution in [1.82, 2.24) is 10.0 Å². The van der Waals surface area contributed by atoms with E-state index in [1.807, 2.05) is 38.1 Å². The molecule has 7 heteroatoms. The maximum absolute atomic E-state index is 11.9. The summed E-state index contributed by atoms with van der Waals surface area (Å²) in [6.07, 6.45) is 6.12. The quantitative estimate of drug-likeness (QED) is 0.509. The number of sulfonamides is 1. The second-order valence-electron chi connectivity index (χ2n) is 7.03. The van der Waals surface area contributed by atoms with Gasteiger partial charge < -0.3 is 11.1 Å². The van der Waals surface area contributed by atoms with Crippen molar-refractivity contribution in [2.24, 2.45) is 10.7 Å². The van der Waals surface area contributed by atoms with Crippen molar-refractivity contribution in [2.45, 2.75) is 70.3 Å². The van der Waals surface area contributed by atoms with E-state index in [1.165, 1.54) is 19.3 Å². The Morgan fingerprint density at radius 3 is 2.36 bits per heavy atom. The van der Waals surface area contributed by atoms with Gasteiger partial charge in [-0.25, -0.2) is 18.1 Å². The molecule has 4 N–H and O–H groups in total. The molecule has 0 atom stereocenters. The summed E-state index contributed by atoms with van der Waals surface area (Å²) in [5.74, 6) is 0.472. The van der Waals surface area contributed by atoms with Crippen LogP contribution in [0, 0.1) is 0 Å². The van der Waals surface area contributed by atoms with Crippen molar-refractivity contribution < 1.29 is 8.42 Å². The summed E-state index contributed by atoms with van der Waals surface area (Å²) in [6.45, 7) is 4.11. The minimum atomic E-state index is -3.30. The summed E-state index contributed by atoms with van der Waals surface area (Å²) in [5.41, 5.74) is 7.73. The Hall–Kier alpha value is -1.60. The highest BCUT2D eigenvalue weighted by molar-refractivity contribution is 7.88. The number of nitrogens with two attached hydrogens (primary N) is 1. The van der Waals surface area contributed by atoms with Gasteiger partial charge in [0.2, 0.25) is 10.0 Å². The third-order valence-electron chi connectivity index (χ3n) is 4.18. The van der Waals surface area contributed by atoms with Gasteiger partial charge in [-0.3, -0.25) is 0 Å². The minimum absolute atomic E-state index is 0.0138. The highest BCUT2D eigenvalue weighted by Gasteiger charge is 2.14. The molecule has 0 aliphatic heterocycles. The molecule has 0 heterocycles. The highest BCUT2D eigenvalue weighted by Crippen LogP contribution is 2.17. The molecule has 1 fully saturated rings. The molecule has 0 aromatic heterocycles. The first-order valence-electron chi connectivity index (χ1n) is 8.98. The Morgan fingerprint density at radius 2 is 1.76 bits per heavy atom. The first-order valence-corrected chi connectivity index (χ1v) is 10.6. The molecule has 140 valence electrons. The van der Waals surface area contributed by atoms with E-state index < -0.39 is 10.0 Å². The number of nitrogens with one attached hydrogen (secondary N) is 2. The SMILES string of the molecule is CC(C)NS(=O)(=O)Cc1ccc(CN=C(N)NC2CCCCC2)cc1. The van der Waals surface area contributed by atoms with Gasteiger partial charge in [-0.15, -0.1) is 0 Å². The zero-order chi connectivity index (χ0) is 18.3. The van der Waals surface area contributed by atoms with Gasteiger partial charge in [0.1, 0.15) is 0 Å². The fraction of sp³-hybridized carbons (Fsp3) is 0.611. The van der Waals surface area contributed by atoms with Crippen molar-refractivity contribution in [3.05, 3.63) is 35.4 Å². The molecule has 25 heavy (non-hydrogen) atoms. The van der Waals surface area contributed by atoms with E-state index in [0.29, 0.717) is 18.5 Å². The van der Waals surface area contributed by atoms with Gasteiger partial charge in [-0.05, 0) is 37.8 Å². The standard InChI is InChI=1S/C18H30N4O2S/c1-14(2)22-25(23,24)13-16-10-8-15(9-11-16)12-20-18(19)21-17-6-4-3-5-7-17/h8-11,14,17,22H,3-7,12-13H2,1-2H3,(H3,19,20,21). The summed E-state index contributed by atoms with van der Waals surface area (Å²) in [4.78, 5) is 4.38. The number of aliphatic imine (C=N–C) groups is 1. The molecule has 0 unspecified atom stereocenters. The Morgan fingerprint density at radius 1 is 1.16 bits per heavy atom. The average molecular weight is 367 g/mol. The average Bonchev–Trinajstić information content (AvgIpc) is 2.53. The smallest absolute Gasteiger partial charge is 0.216 e. The van der Waals surface area contributed by atoms with E-state index in [0.717, 1.165) is 24.0 Å². The Labute approximate surface area is 151 Å². The van der Waals surface area contributed by atoms with Gasteiger partial charge in [0, 0.05) is 12.1 Å². The van der Waals surface area contributed by atoms with E-state index in [1.54, 1.807) is 0 Å². The lowest BCUT2D eigenvalue weighted by Crippen LogP contribution is -2.41. The first-order chi connectivity index (χ1) is 11.8. The van der Waals surface area contributed by atoms with Crippen LogP contribution in [0.1, 0.15) is 57.1 Å². The fourth-order valence-electron chi connectivity index (χ4n) is 3.04. The van der Waals surface area contributed by atoms with Gasteiger partial charge in [-0.1, -0.05) is 43.5 Å². The second kappa shape index (κ2) is 9.20. The molecule has 0 amide bonds. The molecule has 6 nitrogen and oxygen atoms in total. The molecule has 1 aliphatic rings. The van der Waals surface area contributed by atoms with Crippen LogP contribution in [0.25, 0.3) is 0 Å². The topological polar surface area (TPSA) is 96.6 Å². The summed E-state index contributed by atoms with van der Waals surface area (Å²) in [6, 6.07) is 7.80. The molecular formula is C18H30N4O2S. The summed E-state index contributed by atoms with van der Waals surface area (Å²) in [7, 11) is -3.30. The van der Waals surface area contributed by atoms with Crippen LogP contribution in [-0.2, 0) is 22.3 Å². The number of benzene rings is 1. The Kier molecular flexibility index (Phi) is 7.25. The van der Waals surface area contributed by atoms with Crippen LogP contribution in [0.4, 0.5) is 0 Å². The van der Waals surface area contributed by atoms with Gasteiger partial charge in [-0.2, -0.15) is 0 Å². The molecule has 1 aliphatic carbocycles. The van der Waals surface area contributed by atoms with Crippen LogP contribution in [-0.4, -0.2) is 26.5 Å². The molecule has 0 saturated heterocycles. The van der Waals surface area contributed by atoms with E-state index >= 15 is 0 Å². The normalized spacial score (nSPS) is 17.0. The lowest BCUT2D eigenvalue weighted by Gasteiger charge is -2.23. The Bertz CT molecular complexity index is 663. The van der Waals surface area contributed by atoms with Crippen LogP contribution in [0.5, 0.6) is 0 Å². The molecule has 0 spiro atoms. The highest BCUT2D eigenvalue weighted by atomic mass is 32.2. The van der Waals surface area contributed by atoms with Crippen molar-refractivity contribution in [3.63, 3.8) is 0 Å². The lowest BCUT2D eigenvalue weighted by molar-refractivity contribution is 0.412. The number of hydrogen-bond acceptors (Lipinski definition) is 3. The van der Waals surface area contributed by atoms with Crippen molar-refractivity contribution in [1.29, 1.82) is 0 Å². The van der Waals surface area contributed by atoms with Crippen LogP contribution >= 0.6 is 0 Å². The Balaban J connectivity index is 1.86. The van der Waals surface area contributed by atoms with Crippen LogP contribution in [0.3, 0.4) is 0 Å². The monoisotopic (exact) mass is 366 g/mol. The third-order valence-corrected chi connectivity index (χ3v) is 5.73. The number of nitrogens with zero attached hydrogens (tertiary/aromatic N) is 1. The van der Waals surface area contributed by atoms with Crippen LogP contribution in [0.2, 0.25) is 0 Å². The van der Waals surface area contributed by atoms with Gasteiger partial charge in [0.25, 0.3) is 0 Å². The fourth-order valence-corrected chi connectivity index (χ4v) is 4.47. The van der Waals surface area contributed by atoms with Gasteiger partial charge in [0.05, 0.1) is 12.3 Å². The molecule has 1 saturated carbocycles. The van der Waals surface area contributed by atoms with E-state index in [-0.39, 0.29) is 11.8 Å². The maximum Gasteiger partial charge on any atom is 0.216 e. The largest absolute Gasteiger partial charge is 0.370 e. The minimum Gasteiger partial charge on any atom is -0.370 e. The van der Waals surface area contributed by atoms with Crippen LogP contribution in [0.15, 0.2) is 29.3 Å². The number of rotatable bonds is 7. The first kappa shape index (κ1) is 19.7. The molecule has 1 aromatic carbocycles. The van der Waals surface area contributed by atoms with E-state index in [4.69, 9.17) is 5.73 Å². The molecule has 0 radical (unpaired) electrons. The summed E-state index contributed by atoms with van der Waals surface area (Å²) < 4.78 is 26.5. The molecule has 2 rings (SSSR count). The van der Waals surface area contributed by atoms with E-state index in [2.05, 4.69) is 15.0 Å². The lowest BCUT2D eigenvalue weighted by atomic mass is 9.96. The number of hydrogen-bond donors (Lipinski definition) is 3. The maximum atomic E-state index is 11.9. The predicted octanol–water partition coefficient (Wildman–Crippen LogP) is 2.25. The van der Waals surface area contributed by atoms with Crippen molar-refractivity contribution in [3.8, 4) is 0 Å². The molecule has 1 aromatic rings. The van der Waals surface area contributed by atoms with Gasteiger partial charge >= 0.3 is 0 Å². The second-order valence-corrected chi connectivity index (χ2v) is 8.78. The number of guanidine groups is 1. The zero-order valence-electron chi connectivity index (χ0n) is 15.2. The predicted molar refractivity (Wildman–Crippen MR) is 103 cm³/mol. The van der Waals surface area contributed by atoms with Crippen molar-refractivity contribution in [2.75, 3.05) is 0 Å². The third kappa shape index (κ3) is 7.44. The molecular weight excluding hydrogens is 336 g/mol.